The van der Waals surface area contributed by atoms with Crippen molar-refractivity contribution in [1.29, 1.82) is 0 Å². The maximum absolute atomic E-state index is 10.1. The van der Waals surface area contributed by atoms with Crippen LogP contribution in [0.15, 0.2) is 18.3 Å². The number of nitrogens with zero attached hydrogens (tertiary/aromatic N) is 2. The van der Waals surface area contributed by atoms with E-state index in [0.717, 1.165) is 10.6 Å². The Morgan fingerprint density at radius 3 is 2.67 bits per heavy atom. The molecule has 2 aromatic heterocycles. The lowest BCUT2D eigenvalue weighted by Crippen LogP contribution is -2.04. The van der Waals surface area contributed by atoms with Crippen LogP contribution in [0.1, 0.15) is 27.1 Å². The fourth-order valence-corrected chi connectivity index (χ4v) is 2.58. The van der Waals surface area contributed by atoms with Crippen LogP contribution in [0.25, 0.3) is 0 Å². The first-order chi connectivity index (χ1) is 7.09. The molecule has 0 aromatic carbocycles. The van der Waals surface area contributed by atoms with E-state index in [9.17, 15) is 5.11 Å². The molecule has 0 amide bonds. The second-order valence-electron chi connectivity index (χ2n) is 3.67. The van der Waals surface area contributed by atoms with E-state index in [-0.39, 0.29) is 0 Å². The molecular formula is C11H14N2OS. The number of aryl methyl sites for hydroxylation is 3. The Bertz CT molecular complexity index is 453. The molecule has 0 aliphatic carbocycles. The molecule has 80 valence electrons. The smallest absolute Gasteiger partial charge is 0.130 e. The fourth-order valence-electron chi connectivity index (χ4n) is 1.53. The minimum absolute atomic E-state index is 0.560. The first kappa shape index (κ1) is 10.4. The van der Waals surface area contributed by atoms with E-state index in [1.165, 1.54) is 10.4 Å². The topological polar surface area (TPSA) is 38.1 Å². The molecule has 0 radical (unpaired) electrons. The highest BCUT2D eigenvalue weighted by molar-refractivity contribution is 7.12. The van der Waals surface area contributed by atoms with E-state index in [0.29, 0.717) is 0 Å². The van der Waals surface area contributed by atoms with Crippen LogP contribution in [0, 0.1) is 13.8 Å². The minimum atomic E-state index is -0.560. The average Bonchev–Trinajstić information content (AvgIpc) is 2.74. The Morgan fingerprint density at radius 1 is 1.47 bits per heavy atom. The SMILES string of the molecule is Cc1cc(C(O)c2ccnn2C)sc1C. The molecule has 0 saturated carbocycles. The van der Waals surface area contributed by atoms with E-state index in [1.807, 2.05) is 19.2 Å². The molecule has 0 bridgehead atoms. The maximum Gasteiger partial charge on any atom is 0.130 e. The summed E-state index contributed by atoms with van der Waals surface area (Å²) in [4.78, 5) is 2.24. The van der Waals surface area contributed by atoms with E-state index >= 15 is 0 Å². The van der Waals surface area contributed by atoms with Gasteiger partial charge in [-0.05, 0) is 31.5 Å². The van der Waals surface area contributed by atoms with Gasteiger partial charge in [0.25, 0.3) is 0 Å². The number of rotatable bonds is 2. The highest BCUT2D eigenvalue weighted by atomic mass is 32.1. The van der Waals surface area contributed by atoms with Gasteiger partial charge in [-0.2, -0.15) is 5.10 Å². The summed E-state index contributed by atoms with van der Waals surface area (Å²) in [5.74, 6) is 0. The van der Waals surface area contributed by atoms with Gasteiger partial charge in [-0.25, -0.2) is 0 Å². The van der Waals surface area contributed by atoms with Crippen LogP contribution >= 0.6 is 11.3 Å². The molecule has 1 atom stereocenters. The van der Waals surface area contributed by atoms with Gasteiger partial charge >= 0.3 is 0 Å². The van der Waals surface area contributed by atoms with E-state index in [1.54, 1.807) is 22.2 Å². The van der Waals surface area contributed by atoms with Crippen LogP contribution in [0.5, 0.6) is 0 Å². The van der Waals surface area contributed by atoms with Crippen molar-refractivity contribution in [2.24, 2.45) is 7.05 Å². The lowest BCUT2D eigenvalue weighted by atomic mass is 10.2. The monoisotopic (exact) mass is 222 g/mol. The number of hydrogen-bond donors (Lipinski definition) is 1. The van der Waals surface area contributed by atoms with Crippen LogP contribution in [0.2, 0.25) is 0 Å². The summed E-state index contributed by atoms with van der Waals surface area (Å²) in [5.41, 5.74) is 2.06. The normalized spacial score (nSPS) is 13.1. The van der Waals surface area contributed by atoms with Crippen molar-refractivity contribution in [3.8, 4) is 0 Å². The summed E-state index contributed by atoms with van der Waals surface area (Å²) < 4.78 is 1.70. The predicted molar refractivity (Wildman–Crippen MR) is 61.1 cm³/mol. The maximum atomic E-state index is 10.1. The van der Waals surface area contributed by atoms with Gasteiger partial charge in [0.2, 0.25) is 0 Å². The summed E-state index contributed by atoms with van der Waals surface area (Å²) in [6, 6.07) is 3.88. The summed E-state index contributed by atoms with van der Waals surface area (Å²) >= 11 is 1.64. The number of aromatic nitrogens is 2. The van der Waals surface area contributed by atoms with Gasteiger partial charge in [-0.1, -0.05) is 0 Å². The third kappa shape index (κ3) is 1.82. The van der Waals surface area contributed by atoms with E-state index in [2.05, 4.69) is 18.9 Å². The fraction of sp³-hybridized carbons (Fsp3) is 0.364. The molecule has 0 aliphatic heterocycles. The predicted octanol–water partition coefficient (Wildman–Crippen LogP) is 2.18. The molecule has 2 aromatic rings. The summed E-state index contributed by atoms with van der Waals surface area (Å²) in [6.07, 6.45) is 1.14. The number of aliphatic hydroxyl groups excluding tert-OH is 1. The second kappa shape index (κ2) is 3.79. The first-order valence-corrected chi connectivity index (χ1v) is 5.64. The largest absolute Gasteiger partial charge is 0.381 e. The number of aliphatic hydroxyl groups is 1. The van der Waals surface area contributed by atoms with Crippen molar-refractivity contribution in [1.82, 2.24) is 9.78 Å². The summed E-state index contributed by atoms with van der Waals surface area (Å²) in [7, 11) is 1.84. The van der Waals surface area contributed by atoms with Gasteiger partial charge in [-0.3, -0.25) is 4.68 Å². The van der Waals surface area contributed by atoms with Crippen molar-refractivity contribution in [3.05, 3.63) is 39.3 Å². The van der Waals surface area contributed by atoms with Crippen LogP contribution in [-0.4, -0.2) is 14.9 Å². The molecule has 2 rings (SSSR count). The minimum Gasteiger partial charge on any atom is -0.381 e. The van der Waals surface area contributed by atoms with Crippen molar-refractivity contribution in [3.63, 3.8) is 0 Å². The van der Waals surface area contributed by atoms with Crippen LogP contribution in [0.3, 0.4) is 0 Å². The average molecular weight is 222 g/mol. The molecule has 1 N–H and O–H groups in total. The molecule has 15 heavy (non-hydrogen) atoms. The van der Waals surface area contributed by atoms with E-state index in [4.69, 9.17) is 0 Å². The highest BCUT2D eigenvalue weighted by Crippen LogP contribution is 2.30. The molecule has 0 saturated heterocycles. The van der Waals surface area contributed by atoms with Gasteiger partial charge in [-0.15, -0.1) is 11.3 Å². The standard InChI is InChI=1S/C11H14N2OS/c1-7-6-10(15-8(7)2)11(14)9-4-5-12-13(9)3/h4-6,11,14H,1-3H3. The molecule has 0 fully saturated rings. The zero-order valence-corrected chi connectivity index (χ0v) is 9.88. The van der Waals surface area contributed by atoms with Crippen molar-refractivity contribution < 1.29 is 5.11 Å². The van der Waals surface area contributed by atoms with Crippen molar-refractivity contribution in [2.45, 2.75) is 20.0 Å². The van der Waals surface area contributed by atoms with Gasteiger partial charge in [0.05, 0.1) is 5.69 Å². The first-order valence-electron chi connectivity index (χ1n) is 4.82. The summed E-state index contributed by atoms with van der Waals surface area (Å²) in [6.45, 7) is 4.13. The lowest BCUT2D eigenvalue weighted by molar-refractivity contribution is 0.213. The molecule has 0 spiro atoms. The van der Waals surface area contributed by atoms with Gasteiger partial charge in [0.15, 0.2) is 0 Å². The Kier molecular flexibility index (Phi) is 2.63. The Labute approximate surface area is 93.0 Å². The quantitative estimate of drug-likeness (QED) is 0.845. The third-order valence-corrected chi connectivity index (χ3v) is 3.80. The highest BCUT2D eigenvalue weighted by Gasteiger charge is 2.16. The number of hydrogen-bond acceptors (Lipinski definition) is 3. The molecular weight excluding hydrogens is 208 g/mol. The van der Waals surface area contributed by atoms with Crippen molar-refractivity contribution in [2.75, 3.05) is 0 Å². The second-order valence-corrected chi connectivity index (χ2v) is 4.96. The third-order valence-electron chi connectivity index (χ3n) is 2.59. The van der Waals surface area contributed by atoms with Crippen LogP contribution in [0.4, 0.5) is 0 Å². The Balaban J connectivity index is 2.36. The molecule has 1 unspecified atom stereocenters. The summed E-state index contributed by atoms with van der Waals surface area (Å²) in [5, 5.41) is 14.2. The van der Waals surface area contributed by atoms with Crippen molar-refractivity contribution >= 4 is 11.3 Å². The zero-order chi connectivity index (χ0) is 11.0. The van der Waals surface area contributed by atoms with Crippen LogP contribution in [-0.2, 0) is 7.05 Å². The zero-order valence-electron chi connectivity index (χ0n) is 9.06. The molecule has 3 nitrogen and oxygen atoms in total. The molecule has 2 heterocycles. The van der Waals surface area contributed by atoms with Gasteiger partial charge in [0, 0.05) is 23.0 Å². The van der Waals surface area contributed by atoms with Gasteiger partial charge in [0.1, 0.15) is 6.10 Å². The molecule has 0 aliphatic rings. The Hall–Kier alpha value is -1.13. The number of thiophene rings is 1. The lowest BCUT2D eigenvalue weighted by Gasteiger charge is -2.08. The van der Waals surface area contributed by atoms with E-state index < -0.39 is 6.10 Å². The van der Waals surface area contributed by atoms with Crippen LogP contribution < -0.4 is 0 Å². The Morgan fingerprint density at radius 2 is 2.20 bits per heavy atom. The van der Waals surface area contributed by atoms with Gasteiger partial charge < -0.3 is 5.11 Å². The molecule has 4 heteroatoms.